The smallest absolute Gasteiger partial charge is 0.306 e. The van der Waals surface area contributed by atoms with Gasteiger partial charge in [-0.3, -0.25) is 14.9 Å². The number of rotatable bonds is 5. The quantitative estimate of drug-likeness (QED) is 0.596. The summed E-state index contributed by atoms with van der Waals surface area (Å²) in [5.74, 6) is -1.09. The summed E-state index contributed by atoms with van der Waals surface area (Å²) >= 11 is 0. The molecule has 0 saturated carbocycles. The lowest BCUT2D eigenvalue weighted by Crippen LogP contribution is -2.09. The number of carbonyl (C=O) groups is 1. The van der Waals surface area contributed by atoms with Gasteiger partial charge in [0.2, 0.25) is 0 Å². The van der Waals surface area contributed by atoms with Gasteiger partial charge < -0.3 is 10.2 Å². The Morgan fingerprint density at radius 2 is 2.00 bits per heavy atom. The zero-order valence-electron chi connectivity index (χ0n) is 8.81. The Bertz CT molecular complexity index is 438. The van der Waals surface area contributed by atoms with Gasteiger partial charge in [0.1, 0.15) is 0 Å². The van der Waals surface area contributed by atoms with Crippen LogP contribution in [-0.4, -0.2) is 27.2 Å². The summed E-state index contributed by atoms with van der Waals surface area (Å²) in [6, 6.07) is 5.71. The molecule has 0 spiro atoms. The van der Waals surface area contributed by atoms with Crippen molar-refractivity contribution in [1.29, 1.82) is 0 Å². The van der Waals surface area contributed by atoms with Crippen LogP contribution >= 0.6 is 0 Å². The Labute approximate surface area is 97.0 Å². The molecule has 0 bridgehead atoms. The predicted octanol–water partition coefficient (Wildman–Crippen LogP) is 1.44. The van der Waals surface area contributed by atoms with Gasteiger partial charge in [0.05, 0.1) is 17.4 Å². The van der Waals surface area contributed by atoms with Gasteiger partial charge in [-0.2, -0.15) is 0 Å². The molecule has 0 radical (unpaired) electrons. The number of hydrogen-bond acceptors (Lipinski definition) is 4. The summed E-state index contributed by atoms with van der Waals surface area (Å²) in [5, 5.41) is 28.0. The fourth-order valence-electron chi connectivity index (χ4n) is 1.18. The summed E-state index contributed by atoms with van der Waals surface area (Å²) in [6.45, 7) is 0. The molecule has 0 saturated heterocycles. The van der Waals surface area contributed by atoms with E-state index in [9.17, 15) is 20.0 Å². The lowest BCUT2D eigenvalue weighted by atomic mass is 10.1. The molecule has 0 aliphatic carbocycles. The minimum absolute atomic E-state index is 0.0202. The van der Waals surface area contributed by atoms with Crippen LogP contribution < -0.4 is 0 Å². The summed E-state index contributed by atoms with van der Waals surface area (Å²) in [7, 11) is 0. The van der Waals surface area contributed by atoms with Gasteiger partial charge >= 0.3 is 5.97 Å². The van der Waals surface area contributed by atoms with Gasteiger partial charge in [-0.1, -0.05) is 12.2 Å². The minimum atomic E-state index is -1.09. The van der Waals surface area contributed by atoms with Crippen molar-refractivity contribution in [2.75, 3.05) is 0 Å². The fraction of sp³-hybridized carbons (Fsp3) is 0.182. The molecule has 2 N–H and O–H groups in total. The van der Waals surface area contributed by atoms with Crippen molar-refractivity contribution < 1.29 is 19.9 Å². The van der Waals surface area contributed by atoms with E-state index in [1.807, 2.05) is 0 Å². The lowest BCUT2D eigenvalue weighted by molar-refractivity contribution is -0.384. The number of benzene rings is 1. The molecule has 0 fully saturated rings. The highest BCUT2D eigenvalue weighted by molar-refractivity contribution is 5.68. The number of nitro groups is 1. The topological polar surface area (TPSA) is 101 Å². The zero-order valence-corrected chi connectivity index (χ0v) is 8.81. The molecule has 0 aliphatic rings. The summed E-state index contributed by atoms with van der Waals surface area (Å²) in [5.41, 5.74) is 0.633. The minimum Gasteiger partial charge on any atom is -0.481 e. The lowest BCUT2D eigenvalue weighted by Gasteiger charge is -2.00. The highest BCUT2D eigenvalue weighted by atomic mass is 16.6. The first kappa shape index (κ1) is 12.9. The van der Waals surface area contributed by atoms with Gasteiger partial charge in [-0.15, -0.1) is 0 Å². The fourth-order valence-corrected chi connectivity index (χ4v) is 1.18. The SMILES string of the molecule is O=C(O)CC(O)/C=C/c1ccc([N+](=O)[O-])cc1. The third kappa shape index (κ3) is 4.43. The first-order valence-electron chi connectivity index (χ1n) is 4.81. The summed E-state index contributed by atoms with van der Waals surface area (Å²) < 4.78 is 0. The van der Waals surface area contributed by atoms with Crippen molar-refractivity contribution in [3.05, 3.63) is 46.0 Å². The first-order valence-corrected chi connectivity index (χ1v) is 4.81. The van der Waals surface area contributed by atoms with E-state index in [1.54, 1.807) is 0 Å². The monoisotopic (exact) mass is 237 g/mol. The van der Waals surface area contributed by atoms with E-state index >= 15 is 0 Å². The van der Waals surface area contributed by atoms with E-state index in [1.165, 1.54) is 36.4 Å². The van der Waals surface area contributed by atoms with Crippen LogP contribution in [0.15, 0.2) is 30.3 Å². The second-order valence-corrected chi connectivity index (χ2v) is 3.37. The zero-order chi connectivity index (χ0) is 12.8. The Kier molecular flexibility index (Phi) is 4.36. The van der Waals surface area contributed by atoms with E-state index in [0.29, 0.717) is 5.56 Å². The number of aliphatic carboxylic acids is 1. The number of carboxylic acids is 1. The number of nitrogens with zero attached hydrogens (tertiary/aromatic N) is 1. The number of aliphatic hydroxyl groups excluding tert-OH is 1. The molecule has 1 aromatic carbocycles. The largest absolute Gasteiger partial charge is 0.481 e. The molecule has 1 atom stereocenters. The molecule has 1 unspecified atom stereocenters. The first-order chi connectivity index (χ1) is 7.99. The number of nitro benzene ring substituents is 1. The van der Waals surface area contributed by atoms with Crippen LogP contribution in [0.3, 0.4) is 0 Å². The predicted molar refractivity (Wildman–Crippen MR) is 60.4 cm³/mol. The molecule has 0 aromatic heterocycles. The molecule has 6 nitrogen and oxygen atoms in total. The van der Waals surface area contributed by atoms with Gasteiger partial charge in [-0.25, -0.2) is 0 Å². The molecular weight excluding hydrogens is 226 g/mol. The molecule has 0 amide bonds. The maximum absolute atomic E-state index is 10.4. The molecule has 6 heteroatoms. The molecule has 1 rings (SSSR count). The van der Waals surface area contributed by atoms with Gasteiger partial charge in [0.15, 0.2) is 0 Å². The molecule has 0 heterocycles. The normalized spacial score (nSPS) is 12.5. The van der Waals surface area contributed by atoms with Crippen LogP contribution in [0.4, 0.5) is 5.69 Å². The Morgan fingerprint density at radius 1 is 1.41 bits per heavy atom. The van der Waals surface area contributed by atoms with E-state index in [2.05, 4.69) is 0 Å². The summed E-state index contributed by atoms with van der Waals surface area (Å²) in [4.78, 5) is 20.1. The Balaban J connectivity index is 2.65. The van der Waals surface area contributed by atoms with Gasteiger partial charge in [0, 0.05) is 12.1 Å². The number of hydrogen-bond donors (Lipinski definition) is 2. The van der Waals surface area contributed by atoms with E-state index in [4.69, 9.17) is 5.11 Å². The second kappa shape index (κ2) is 5.76. The average Bonchev–Trinajstić information content (AvgIpc) is 2.26. The summed E-state index contributed by atoms with van der Waals surface area (Å²) in [6.07, 6.45) is 1.40. The van der Waals surface area contributed by atoms with Crippen LogP contribution in [-0.2, 0) is 4.79 Å². The van der Waals surface area contributed by atoms with E-state index in [0.717, 1.165) is 0 Å². The van der Waals surface area contributed by atoms with Crippen LogP contribution in [0, 0.1) is 10.1 Å². The molecule has 0 aliphatic heterocycles. The standard InChI is InChI=1S/C11H11NO5/c13-10(7-11(14)15)6-3-8-1-4-9(5-2-8)12(16)17/h1-6,10,13H,7H2,(H,14,15)/b6-3+. The molecule has 17 heavy (non-hydrogen) atoms. The van der Waals surface area contributed by atoms with Crippen molar-refractivity contribution in [3.63, 3.8) is 0 Å². The third-order valence-electron chi connectivity index (χ3n) is 2.00. The van der Waals surface area contributed by atoms with Gasteiger partial charge in [0.25, 0.3) is 5.69 Å². The highest BCUT2D eigenvalue weighted by Crippen LogP contribution is 2.13. The van der Waals surface area contributed by atoms with E-state index < -0.39 is 17.0 Å². The number of carboxylic acid groups (broad SMARTS) is 1. The highest BCUT2D eigenvalue weighted by Gasteiger charge is 2.05. The van der Waals surface area contributed by atoms with Crippen LogP contribution in [0.1, 0.15) is 12.0 Å². The Hall–Kier alpha value is -2.21. The number of non-ortho nitro benzene ring substituents is 1. The van der Waals surface area contributed by atoms with Crippen molar-refractivity contribution in [2.24, 2.45) is 0 Å². The van der Waals surface area contributed by atoms with Crippen molar-refractivity contribution in [1.82, 2.24) is 0 Å². The second-order valence-electron chi connectivity index (χ2n) is 3.37. The van der Waals surface area contributed by atoms with Crippen molar-refractivity contribution in [3.8, 4) is 0 Å². The molecule has 1 aromatic rings. The van der Waals surface area contributed by atoms with Crippen molar-refractivity contribution >= 4 is 17.7 Å². The van der Waals surface area contributed by atoms with Crippen LogP contribution in [0.5, 0.6) is 0 Å². The van der Waals surface area contributed by atoms with Crippen LogP contribution in [0.2, 0.25) is 0 Å². The van der Waals surface area contributed by atoms with E-state index in [-0.39, 0.29) is 12.1 Å². The maximum Gasteiger partial charge on any atom is 0.306 e. The number of aliphatic hydroxyl groups is 1. The molecule has 90 valence electrons. The maximum atomic E-state index is 10.4. The molecular formula is C11H11NO5. The average molecular weight is 237 g/mol. The van der Waals surface area contributed by atoms with Crippen molar-refractivity contribution in [2.45, 2.75) is 12.5 Å². The van der Waals surface area contributed by atoms with Crippen LogP contribution in [0.25, 0.3) is 6.08 Å². The van der Waals surface area contributed by atoms with Gasteiger partial charge in [-0.05, 0) is 17.7 Å². The third-order valence-corrected chi connectivity index (χ3v) is 2.00. The Morgan fingerprint density at radius 3 is 2.47 bits per heavy atom.